The monoisotopic (exact) mass is 875 g/mol. The third kappa shape index (κ3) is 9.12. The number of carbonyl (C=O) groups excluding carboxylic acids is 4. The first-order valence-electron chi connectivity index (χ1n) is 21.5. The summed E-state index contributed by atoms with van der Waals surface area (Å²) in [6.07, 6.45) is 0.725. The minimum Gasteiger partial charge on any atom is -0.491 e. The maximum absolute atomic E-state index is 14.1. The molecule has 4 aromatic heterocycles. The van der Waals surface area contributed by atoms with Crippen molar-refractivity contribution in [2.75, 3.05) is 39.5 Å². The second-order valence-corrected chi connectivity index (χ2v) is 16.2. The van der Waals surface area contributed by atoms with Crippen molar-refractivity contribution in [3.05, 3.63) is 98.7 Å². The summed E-state index contributed by atoms with van der Waals surface area (Å²) >= 11 is 0. The van der Waals surface area contributed by atoms with E-state index in [1.54, 1.807) is 75.1 Å². The molecule has 4 amide bonds. The zero-order valence-corrected chi connectivity index (χ0v) is 37.8. The molecule has 1 aliphatic heterocycles. The molecule has 0 unspecified atom stereocenters. The highest BCUT2D eigenvalue weighted by atomic mass is 16.5. The van der Waals surface area contributed by atoms with Gasteiger partial charge in [0.2, 0.25) is 23.1 Å². The van der Waals surface area contributed by atoms with Gasteiger partial charge in [0, 0.05) is 71.0 Å². The molecule has 64 heavy (non-hydrogen) atoms. The Morgan fingerprint density at radius 1 is 0.719 bits per heavy atom. The fourth-order valence-electron chi connectivity index (χ4n) is 8.16. The lowest BCUT2D eigenvalue weighted by molar-refractivity contribution is 0.0358. The number of allylic oxidation sites excluding steroid dienone is 2. The van der Waals surface area contributed by atoms with Gasteiger partial charge >= 0.3 is 0 Å². The summed E-state index contributed by atoms with van der Waals surface area (Å²) < 4.78 is 22.7. The van der Waals surface area contributed by atoms with E-state index < -0.39 is 23.6 Å². The third-order valence-corrected chi connectivity index (χ3v) is 11.7. The lowest BCUT2D eigenvalue weighted by Gasteiger charge is -2.26. The lowest BCUT2D eigenvalue weighted by Crippen LogP contribution is -2.37. The van der Waals surface area contributed by atoms with Gasteiger partial charge < -0.3 is 39.2 Å². The predicted octanol–water partition coefficient (Wildman–Crippen LogP) is 3.14. The van der Waals surface area contributed by atoms with E-state index >= 15 is 0 Å². The molecule has 1 saturated heterocycles. The number of primary amides is 2. The van der Waals surface area contributed by atoms with E-state index in [2.05, 4.69) is 20.1 Å². The van der Waals surface area contributed by atoms with E-state index in [1.807, 2.05) is 50.7 Å². The Bertz CT molecular complexity index is 2980. The molecule has 19 heteroatoms. The number of nitrogens with two attached hydrogens (primary N) is 2. The van der Waals surface area contributed by atoms with Crippen molar-refractivity contribution in [1.29, 1.82) is 0 Å². The van der Waals surface area contributed by atoms with Crippen molar-refractivity contribution in [2.45, 2.75) is 74.1 Å². The molecule has 6 aromatic rings. The van der Waals surface area contributed by atoms with Gasteiger partial charge in [0.25, 0.3) is 11.8 Å². The highest BCUT2D eigenvalue weighted by Crippen LogP contribution is 2.29. The van der Waals surface area contributed by atoms with Crippen molar-refractivity contribution >= 4 is 45.7 Å². The molecule has 4 N–H and O–H groups in total. The van der Waals surface area contributed by atoms with E-state index in [4.69, 9.17) is 25.9 Å². The van der Waals surface area contributed by atoms with Crippen LogP contribution in [0.4, 0.5) is 0 Å². The second kappa shape index (κ2) is 18.9. The third-order valence-electron chi connectivity index (χ3n) is 11.7. The van der Waals surface area contributed by atoms with Crippen molar-refractivity contribution < 1.29 is 28.7 Å². The van der Waals surface area contributed by atoms with Crippen LogP contribution in [-0.2, 0) is 45.0 Å². The molecule has 0 saturated carbocycles. The number of carbonyl (C=O) groups is 4. The predicted molar refractivity (Wildman–Crippen MR) is 240 cm³/mol. The Balaban J connectivity index is 1.36. The highest BCUT2D eigenvalue weighted by Gasteiger charge is 2.23. The van der Waals surface area contributed by atoms with Crippen LogP contribution in [-0.4, -0.2) is 106 Å². The average molecular weight is 876 g/mol. The van der Waals surface area contributed by atoms with Crippen LogP contribution in [0.3, 0.4) is 0 Å². The van der Waals surface area contributed by atoms with Crippen molar-refractivity contribution in [1.82, 2.24) is 42.7 Å². The van der Waals surface area contributed by atoms with Crippen molar-refractivity contribution in [3.8, 4) is 5.75 Å². The highest BCUT2D eigenvalue weighted by molar-refractivity contribution is 5.99. The standard InChI is InChI=1S/C45H57N13O6/c1-9-57-36(20-29(5)50-57)42(61)48-44-52(7)34-22-31(40(46)59)12-13-33(34)55(44)25-27(3)28(4)26-56-39-35(53(8)45(56)49-43(62)37-21-30(6)51-58(37)10-2)23-32(41(47)60)24-38(39)64-17-11-14-54-15-18-63-19-16-54/h12-13,20-24H,9-11,14-19,25-26H2,1-8H3,(H2,46,59)(H2,47,60)/b28-27+,48-44?,49-45?. The van der Waals surface area contributed by atoms with E-state index in [1.165, 1.54) is 0 Å². The van der Waals surface area contributed by atoms with Gasteiger partial charge in [-0.1, -0.05) is 11.1 Å². The summed E-state index contributed by atoms with van der Waals surface area (Å²) in [6.45, 7) is 17.2. The van der Waals surface area contributed by atoms with Crippen molar-refractivity contribution in [3.63, 3.8) is 0 Å². The zero-order valence-electron chi connectivity index (χ0n) is 37.8. The normalized spacial score (nSPS) is 14.5. The van der Waals surface area contributed by atoms with Gasteiger partial charge in [-0.05, 0) is 90.4 Å². The number of nitrogens with zero attached hydrogens (tertiary/aromatic N) is 11. The number of imidazole rings is 2. The van der Waals surface area contributed by atoms with Crippen molar-refractivity contribution in [2.24, 2.45) is 35.5 Å². The minimum atomic E-state index is -0.624. The van der Waals surface area contributed by atoms with E-state index in [0.717, 1.165) is 42.7 Å². The van der Waals surface area contributed by atoms with E-state index in [-0.39, 0.29) is 12.1 Å². The van der Waals surface area contributed by atoms with Crippen LogP contribution in [0.2, 0.25) is 0 Å². The summed E-state index contributed by atoms with van der Waals surface area (Å²) in [6, 6.07) is 11.9. The SMILES string of the molecule is CCn1nc(C)cc1C(=O)N=c1n(C)c2cc(C(N)=O)ccc2n1C/C(C)=C(\C)Cn1c(=NC(=O)c2cc(C)nn2CC)n(C)c2cc(C(N)=O)cc(OCCCN3CCOCC3)c21. The molecule has 0 radical (unpaired) electrons. The molecular weight excluding hydrogens is 819 g/mol. The fraction of sp³-hybridized carbons (Fsp3) is 0.422. The molecule has 2 aromatic carbocycles. The number of amides is 4. The van der Waals surface area contributed by atoms with Gasteiger partial charge in [0.05, 0.1) is 47.8 Å². The van der Waals surface area contributed by atoms with Crippen LogP contribution in [0.15, 0.2) is 63.6 Å². The Hall–Kier alpha value is -6.86. The largest absolute Gasteiger partial charge is 0.491 e. The number of morpholine rings is 1. The Morgan fingerprint density at radius 2 is 1.25 bits per heavy atom. The van der Waals surface area contributed by atoms with Gasteiger partial charge in [0.15, 0.2) is 0 Å². The topological polar surface area (TPSA) is 222 Å². The summed E-state index contributed by atoms with van der Waals surface area (Å²) in [5.74, 6) is -1.73. The molecule has 338 valence electrons. The Morgan fingerprint density at radius 3 is 1.81 bits per heavy atom. The Labute approximate surface area is 369 Å². The van der Waals surface area contributed by atoms with Gasteiger partial charge in [0.1, 0.15) is 22.7 Å². The average Bonchev–Trinajstić information content (AvgIpc) is 4.00. The molecule has 19 nitrogen and oxygen atoms in total. The molecular formula is C45H57N13O6. The van der Waals surface area contributed by atoms with Crippen LogP contribution in [0.25, 0.3) is 22.1 Å². The van der Waals surface area contributed by atoms with Crippen LogP contribution in [0.1, 0.15) is 87.2 Å². The van der Waals surface area contributed by atoms with Gasteiger partial charge in [-0.15, -0.1) is 0 Å². The number of ether oxygens (including phenoxy) is 2. The summed E-state index contributed by atoms with van der Waals surface area (Å²) in [4.78, 5) is 64.6. The minimum absolute atomic E-state index is 0.249. The Kier molecular flexibility index (Phi) is 13.3. The number of rotatable bonds is 15. The first-order chi connectivity index (χ1) is 30.6. The maximum Gasteiger partial charge on any atom is 0.298 e. The van der Waals surface area contributed by atoms with E-state index in [9.17, 15) is 19.2 Å². The zero-order chi connectivity index (χ0) is 46.0. The molecule has 1 fully saturated rings. The van der Waals surface area contributed by atoms with Gasteiger partial charge in [-0.2, -0.15) is 20.2 Å². The number of fused-ring (bicyclic) bond motifs is 2. The number of hydrogen-bond acceptors (Lipinski definition) is 9. The number of benzene rings is 2. The quantitative estimate of drug-likeness (QED) is 0.114. The van der Waals surface area contributed by atoms with Crippen LogP contribution in [0.5, 0.6) is 5.75 Å². The number of aryl methyl sites for hydroxylation is 6. The summed E-state index contributed by atoms with van der Waals surface area (Å²) in [5, 5.41) is 8.92. The lowest BCUT2D eigenvalue weighted by atomic mass is 10.1. The number of aromatic nitrogens is 8. The smallest absolute Gasteiger partial charge is 0.298 e. The summed E-state index contributed by atoms with van der Waals surface area (Å²) in [7, 11) is 3.57. The first kappa shape index (κ1) is 45.2. The molecule has 0 spiro atoms. The maximum atomic E-state index is 14.1. The van der Waals surface area contributed by atoms with Crippen LogP contribution >= 0.6 is 0 Å². The fourth-order valence-corrected chi connectivity index (χ4v) is 8.16. The molecule has 0 atom stereocenters. The molecule has 0 aliphatic carbocycles. The number of hydrogen-bond donors (Lipinski definition) is 2. The molecule has 5 heterocycles. The molecule has 1 aliphatic rings. The van der Waals surface area contributed by atoms with Crippen LogP contribution < -0.4 is 27.4 Å². The second-order valence-electron chi connectivity index (χ2n) is 16.2. The first-order valence-corrected chi connectivity index (χ1v) is 21.5. The summed E-state index contributed by atoms with van der Waals surface area (Å²) in [5.41, 5.74) is 19.3. The van der Waals surface area contributed by atoms with E-state index in [0.29, 0.717) is 101 Å². The molecule has 0 bridgehead atoms. The van der Waals surface area contributed by atoms with Gasteiger partial charge in [-0.3, -0.25) is 33.4 Å². The van der Waals surface area contributed by atoms with Crippen LogP contribution in [0, 0.1) is 13.8 Å². The molecule has 7 rings (SSSR count). The van der Waals surface area contributed by atoms with Gasteiger partial charge in [-0.25, -0.2) is 0 Å².